The van der Waals surface area contributed by atoms with Crippen LogP contribution in [0.4, 0.5) is 4.79 Å². The molecule has 16 nitrogen and oxygen atoms in total. The number of rotatable bonds is 11. The topological polar surface area (TPSA) is 204 Å². The monoisotopic (exact) mass is 908 g/mol. The van der Waals surface area contributed by atoms with Crippen LogP contribution < -0.4 is 29.6 Å². The number of sulfonamides is 1. The smallest absolute Gasteiger partial charge is 0.408 e. The Balaban J connectivity index is 0.00000327. The number of hydrogen-bond donors (Lipinski definition) is 3. The maximum atomic E-state index is 15.2. The Kier molecular flexibility index (Phi) is 13.5. The van der Waals surface area contributed by atoms with E-state index in [4.69, 9.17) is 23.9 Å². The van der Waals surface area contributed by atoms with Gasteiger partial charge >= 0.3 is 6.09 Å². The van der Waals surface area contributed by atoms with E-state index in [9.17, 15) is 22.8 Å². The summed E-state index contributed by atoms with van der Waals surface area (Å²) in [5.74, 6) is -1.17. The molecule has 0 bridgehead atoms. The molecule has 4 amide bonds. The molecule has 4 aliphatic rings. The number of aromatic nitrogens is 2. The average Bonchev–Trinajstić information content (AvgIpc) is 4.16. The molecule has 0 unspecified atom stereocenters. The number of pyridine rings is 2. The van der Waals surface area contributed by atoms with Crippen molar-refractivity contribution in [3.05, 3.63) is 54.7 Å². The predicted molar refractivity (Wildman–Crippen MR) is 246 cm³/mol. The van der Waals surface area contributed by atoms with Gasteiger partial charge in [-0.3, -0.25) is 24.1 Å². The van der Waals surface area contributed by atoms with Crippen molar-refractivity contribution in [3.8, 4) is 28.8 Å². The minimum atomic E-state index is -3.94. The summed E-state index contributed by atoms with van der Waals surface area (Å²) in [5.41, 5.74) is -1.35. The van der Waals surface area contributed by atoms with E-state index in [1.807, 2.05) is 57.2 Å². The van der Waals surface area contributed by atoms with Gasteiger partial charge in [-0.25, -0.2) is 18.2 Å². The second kappa shape index (κ2) is 18.6. The Labute approximate surface area is 380 Å². The van der Waals surface area contributed by atoms with Crippen LogP contribution >= 0.6 is 0 Å². The summed E-state index contributed by atoms with van der Waals surface area (Å²) < 4.78 is 52.1. The molecule has 352 valence electrons. The van der Waals surface area contributed by atoms with E-state index in [0.29, 0.717) is 60.4 Å². The first kappa shape index (κ1) is 46.5. The Morgan fingerprint density at radius 1 is 1.05 bits per heavy atom. The fraction of sp³-hybridized carbons (Fsp3) is 0.574. The maximum absolute atomic E-state index is 15.2. The van der Waals surface area contributed by atoms with Crippen LogP contribution in [-0.4, -0.2) is 101 Å². The van der Waals surface area contributed by atoms with Gasteiger partial charge < -0.3 is 34.5 Å². The van der Waals surface area contributed by atoms with E-state index in [1.54, 1.807) is 46.2 Å². The van der Waals surface area contributed by atoms with Gasteiger partial charge in [0.1, 0.15) is 40.8 Å². The van der Waals surface area contributed by atoms with Gasteiger partial charge in [-0.15, -0.1) is 0 Å². The van der Waals surface area contributed by atoms with Crippen LogP contribution in [0.15, 0.2) is 54.7 Å². The number of hydrogen-bond acceptors (Lipinski definition) is 12. The third kappa shape index (κ3) is 10.7. The quantitative estimate of drug-likeness (QED) is 0.167. The zero-order valence-corrected chi connectivity index (χ0v) is 38.8. The molecule has 2 saturated carbocycles. The van der Waals surface area contributed by atoms with E-state index >= 15 is 4.79 Å². The van der Waals surface area contributed by atoms with Crippen LogP contribution in [0.2, 0.25) is 0 Å². The molecule has 0 radical (unpaired) electrons. The van der Waals surface area contributed by atoms with E-state index < -0.39 is 74.3 Å². The highest BCUT2D eigenvalue weighted by Gasteiger charge is 2.62. The standard InChI is InChI=1S/C47H62N6O10S.3H2/c1-9-29-20-28(4)12-10-11-13-31-24-47(31,44(56)52-64(58,59)35-16-17-35)51-41(54)39-23-34(26-53(39)43(55)40(29)50-45(57)63-46(5,6)7)62-42-36-18-14-32(60-8)21-30(36)22-38(49-42)37-19-15-33(25-48-37)61-27(2)3;;;/h11,13-15,18-19,21-22,25,27-29,31,34-35,39-40H,9-10,12,16-17,20,23-24,26H2,1-8H3,(H,50,57)(H,51,54)(H,52,56);3*1H/b13-11-;;;/t28-,29+,31+,34+,39-,40-,47+;;;/m0.../s1. The largest absolute Gasteiger partial charge is 0.497 e. The molecule has 3 aromatic rings. The first-order valence-corrected chi connectivity index (χ1v) is 24.0. The average molecular weight is 909 g/mol. The first-order valence-electron chi connectivity index (χ1n) is 22.4. The second-order valence-corrected chi connectivity index (χ2v) is 21.0. The fourth-order valence-electron chi connectivity index (χ4n) is 8.73. The van der Waals surface area contributed by atoms with Crippen molar-refractivity contribution in [2.45, 2.75) is 141 Å². The highest BCUT2D eigenvalue weighted by molar-refractivity contribution is 7.91. The number of fused-ring (bicyclic) bond motifs is 3. The first-order chi connectivity index (χ1) is 30.3. The number of nitrogens with one attached hydrogen (secondary N) is 3. The zero-order chi connectivity index (χ0) is 46.1. The van der Waals surface area contributed by atoms with Crippen molar-refractivity contribution >= 4 is 44.6 Å². The lowest BCUT2D eigenvalue weighted by atomic mass is 9.85. The summed E-state index contributed by atoms with van der Waals surface area (Å²) in [7, 11) is -2.36. The normalized spacial score (nSPS) is 27.0. The van der Waals surface area contributed by atoms with Crippen molar-refractivity contribution < 1.29 is 50.8 Å². The van der Waals surface area contributed by atoms with E-state index in [2.05, 4.69) is 27.3 Å². The van der Waals surface area contributed by atoms with Crippen molar-refractivity contribution in [1.82, 2.24) is 30.2 Å². The number of ether oxygens (including phenoxy) is 4. The number of methoxy groups -OCH3 is 1. The molecule has 1 aromatic carbocycles. The molecule has 2 aliphatic carbocycles. The number of allylic oxidation sites excluding steroid dienone is 1. The van der Waals surface area contributed by atoms with Crippen molar-refractivity contribution in [3.63, 3.8) is 0 Å². The molecular weight excluding hydrogens is 841 g/mol. The van der Waals surface area contributed by atoms with Crippen molar-refractivity contribution in [2.24, 2.45) is 17.8 Å². The Morgan fingerprint density at radius 3 is 2.45 bits per heavy atom. The van der Waals surface area contributed by atoms with Gasteiger partial charge in [0.05, 0.1) is 42.6 Å². The molecule has 4 heterocycles. The zero-order valence-electron chi connectivity index (χ0n) is 38.0. The molecule has 7 atom stereocenters. The van der Waals surface area contributed by atoms with Gasteiger partial charge in [-0.05, 0) is 127 Å². The fourth-order valence-corrected chi connectivity index (χ4v) is 10.1. The number of benzene rings is 1. The third-order valence-corrected chi connectivity index (χ3v) is 14.1. The second-order valence-electron chi connectivity index (χ2n) is 19.0. The molecular formula is C47H68N6O10S. The minimum Gasteiger partial charge on any atom is -0.497 e. The van der Waals surface area contributed by atoms with Crippen LogP contribution in [-0.2, 0) is 29.1 Å². The molecule has 0 spiro atoms. The summed E-state index contributed by atoms with van der Waals surface area (Å²) in [5, 5.41) is 6.55. The number of carbonyl (C=O) groups excluding carboxylic acids is 4. The van der Waals surface area contributed by atoms with Gasteiger partial charge in [0.15, 0.2) is 0 Å². The minimum absolute atomic E-state index is 0. The summed E-state index contributed by atoms with van der Waals surface area (Å²) >= 11 is 0. The molecule has 17 heteroatoms. The van der Waals surface area contributed by atoms with Crippen molar-refractivity contribution in [2.75, 3.05) is 13.7 Å². The molecule has 2 aromatic heterocycles. The molecule has 7 rings (SSSR count). The summed E-state index contributed by atoms with van der Waals surface area (Å²) in [6.45, 7) is 13.1. The summed E-state index contributed by atoms with van der Waals surface area (Å²) in [4.78, 5) is 68.4. The van der Waals surface area contributed by atoms with Gasteiger partial charge in [-0.2, -0.15) is 0 Å². The van der Waals surface area contributed by atoms with E-state index in [0.717, 1.165) is 11.8 Å². The Bertz CT molecular complexity index is 2400. The van der Waals surface area contributed by atoms with Crippen LogP contribution in [0.25, 0.3) is 22.2 Å². The molecule has 64 heavy (non-hydrogen) atoms. The van der Waals surface area contributed by atoms with Gasteiger partial charge in [0.25, 0.3) is 5.91 Å². The molecule has 2 aliphatic heterocycles. The highest BCUT2D eigenvalue weighted by atomic mass is 32.2. The summed E-state index contributed by atoms with van der Waals surface area (Å²) in [6.07, 6.45) is 7.52. The lowest BCUT2D eigenvalue weighted by molar-refractivity contribution is -0.142. The number of amides is 4. The van der Waals surface area contributed by atoms with E-state index in [1.165, 1.54) is 4.90 Å². The third-order valence-electron chi connectivity index (χ3n) is 12.3. The van der Waals surface area contributed by atoms with Crippen molar-refractivity contribution in [1.29, 1.82) is 0 Å². The molecule has 3 N–H and O–H groups in total. The molecule has 3 fully saturated rings. The maximum Gasteiger partial charge on any atom is 0.408 e. The number of carbonyl (C=O) groups is 4. The Morgan fingerprint density at radius 2 is 1.80 bits per heavy atom. The predicted octanol–water partition coefficient (Wildman–Crippen LogP) is 6.96. The lowest BCUT2D eigenvalue weighted by Crippen LogP contribution is -2.59. The van der Waals surface area contributed by atoms with Crippen LogP contribution in [0.3, 0.4) is 0 Å². The Hall–Kier alpha value is -5.45. The number of nitrogens with zero attached hydrogens (tertiary/aromatic N) is 3. The van der Waals surface area contributed by atoms with Gasteiger partial charge in [0.2, 0.25) is 27.7 Å². The highest BCUT2D eigenvalue weighted by Crippen LogP contribution is 2.46. The van der Waals surface area contributed by atoms with Crippen LogP contribution in [0, 0.1) is 17.8 Å². The molecule has 1 saturated heterocycles. The summed E-state index contributed by atoms with van der Waals surface area (Å²) in [6, 6.07) is 8.70. The van der Waals surface area contributed by atoms with Crippen LogP contribution in [0.1, 0.15) is 104 Å². The number of alkyl carbamates (subject to hydrolysis) is 1. The van der Waals surface area contributed by atoms with Gasteiger partial charge in [0, 0.05) is 22.0 Å². The SMILES string of the molecule is CC[C@@H]1C[C@@H](C)CC/C=C\[C@@H]2C[C@@]2(C(=O)NS(=O)(=O)C2CC2)NC(=O)[C@@H]2C[C@@H](Oc3nc(-c4ccc(OC(C)C)cn4)cc4cc(OC)ccc34)CN2C(=O)[C@H]1NC(=O)OC(C)(C)C.[HH].[HH].[HH]. The van der Waals surface area contributed by atoms with Gasteiger partial charge in [-0.1, -0.05) is 32.4 Å². The van der Waals surface area contributed by atoms with Crippen LogP contribution in [0.5, 0.6) is 17.4 Å². The van der Waals surface area contributed by atoms with E-state index in [-0.39, 0.29) is 47.5 Å². The lowest BCUT2D eigenvalue weighted by Gasteiger charge is -2.34.